The summed E-state index contributed by atoms with van der Waals surface area (Å²) in [7, 11) is 1.22. The van der Waals surface area contributed by atoms with Gasteiger partial charge in [-0.2, -0.15) is 0 Å². The Kier molecular flexibility index (Phi) is 8.45. The van der Waals surface area contributed by atoms with Crippen LogP contribution in [0.4, 0.5) is 0 Å². The second-order valence-corrected chi connectivity index (χ2v) is 7.68. The summed E-state index contributed by atoms with van der Waals surface area (Å²) in [5, 5.41) is 61.9. The highest BCUT2D eigenvalue weighted by Gasteiger charge is 2.51. The maximum atomic E-state index is 12.9. The summed E-state index contributed by atoms with van der Waals surface area (Å²) in [6.45, 7) is 0.937. The Labute approximate surface area is 175 Å². The van der Waals surface area contributed by atoms with Crippen molar-refractivity contribution in [2.24, 2.45) is 0 Å². The van der Waals surface area contributed by atoms with E-state index in [4.69, 9.17) is 9.47 Å². The Hall–Kier alpha value is -1.91. The molecule has 30 heavy (non-hydrogen) atoms. The number of Topliss-reactive ketones (excluding diaryl/α,β-unsaturated/α-hetero) is 1. The van der Waals surface area contributed by atoms with Crippen LogP contribution in [0.1, 0.15) is 61.4 Å². The van der Waals surface area contributed by atoms with Crippen LogP contribution < -0.4 is 4.74 Å². The number of hydrogen-bond acceptors (Lipinski definition) is 9. The number of ketones is 1. The predicted octanol–water partition coefficient (Wildman–Crippen LogP) is 0.950. The molecule has 1 fully saturated rings. The molecule has 0 aliphatic carbocycles. The lowest BCUT2D eigenvalue weighted by Gasteiger charge is -2.43. The topological polar surface area (TPSA) is 157 Å². The third-order valence-corrected chi connectivity index (χ3v) is 5.60. The number of aromatic hydroxyl groups is 2. The van der Waals surface area contributed by atoms with Crippen molar-refractivity contribution in [1.82, 2.24) is 0 Å². The van der Waals surface area contributed by atoms with Crippen LogP contribution in [0.3, 0.4) is 0 Å². The molecule has 4 atom stereocenters. The summed E-state index contributed by atoms with van der Waals surface area (Å²) in [4.78, 5) is 12.9. The smallest absolute Gasteiger partial charge is 0.201 e. The molecule has 0 spiro atoms. The van der Waals surface area contributed by atoms with E-state index >= 15 is 0 Å². The number of phenols is 2. The van der Waals surface area contributed by atoms with E-state index in [0.717, 1.165) is 31.7 Å². The Morgan fingerprint density at radius 3 is 2.47 bits per heavy atom. The first-order valence-electron chi connectivity index (χ1n) is 10.2. The minimum atomic E-state index is -2.28. The lowest BCUT2D eigenvalue weighted by molar-refractivity contribution is -0.245. The normalized spacial score (nSPS) is 26.5. The first-order chi connectivity index (χ1) is 14.2. The minimum absolute atomic E-state index is 0.0604. The highest BCUT2D eigenvalue weighted by Crippen LogP contribution is 2.46. The summed E-state index contributed by atoms with van der Waals surface area (Å²) in [5.74, 6) is -2.20. The van der Waals surface area contributed by atoms with E-state index in [2.05, 4.69) is 6.92 Å². The Balaban J connectivity index is 2.45. The number of aliphatic hydroxyl groups excluding tert-OH is 3. The van der Waals surface area contributed by atoms with E-state index in [0.29, 0.717) is 6.42 Å². The quantitative estimate of drug-likeness (QED) is 0.181. The van der Waals surface area contributed by atoms with Gasteiger partial charge in [-0.05, 0) is 12.5 Å². The number of methoxy groups -OCH3 is 1. The first kappa shape index (κ1) is 24.4. The van der Waals surface area contributed by atoms with Crippen molar-refractivity contribution in [3.8, 4) is 17.2 Å². The zero-order valence-corrected chi connectivity index (χ0v) is 17.4. The van der Waals surface area contributed by atoms with Crippen molar-refractivity contribution < 1.29 is 44.9 Å². The standard InChI is InChI=1S/C21H32O9/c1-3-4-5-6-7-8-13(23)16-12(9-14(29-2)17(24)19(16)26)21(28)11-30-15(10-22)18(25)20(21)27/h9,15,18,20,22,24-28H,3-8,10-11H2,1-2H3/t15-,18-,20+,21+/m1/s1. The molecule has 1 saturated heterocycles. The largest absolute Gasteiger partial charge is 0.504 e. The van der Waals surface area contributed by atoms with Gasteiger partial charge in [-0.1, -0.05) is 32.6 Å². The van der Waals surface area contributed by atoms with Crippen molar-refractivity contribution in [3.05, 3.63) is 17.2 Å². The van der Waals surface area contributed by atoms with Crippen LogP contribution in [0.15, 0.2) is 6.07 Å². The van der Waals surface area contributed by atoms with E-state index in [1.165, 1.54) is 7.11 Å². The van der Waals surface area contributed by atoms with E-state index in [9.17, 15) is 35.4 Å². The molecule has 9 nitrogen and oxygen atoms in total. The number of unbranched alkanes of at least 4 members (excludes halogenated alkanes) is 4. The van der Waals surface area contributed by atoms with Crippen LogP contribution in [0.5, 0.6) is 17.2 Å². The maximum absolute atomic E-state index is 12.9. The minimum Gasteiger partial charge on any atom is -0.504 e. The van der Waals surface area contributed by atoms with Crippen molar-refractivity contribution in [1.29, 1.82) is 0 Å². The van der Waals surface area contributed by atoms with E-state index in [1.54, 1.807) is 0 Å². The number of aliphatic hydroxyl groups is 4. The molecule has 1 aromatic rings. The summed E-state index contributed by atoms with van der Waals surface area (Å²) in [5.41, 5.74) is -2.86. The fourth-order valence-electron chi connectivity index (χ4n) is 3.73. The van der Waals surface area contributed by atoms with Crippen LogP contribution in [0.2, 0.25) is 0 Å². The van der Waals surface area contributed by atoms with E-state index < -0.39 is 54.4 Å². The van der Waals surface area contributed by atoms with Crippen molar-refractivity contribution in [2.45, 2.75) is 69.4 Å². The molecule has 0 amide bonds. The van der Waals surface area contributed by atoms with Crippen molar-refractivity contribution in [2.75, 3.05) is 20.3 Å². The molecule has 6 N–H and O–H groups in total. The Morgan fingerprint density at radius 2 is 1.87 bits per heavy atom. The molecule has 0 saturated carbocycles. The third-order valence-electron chi connectivity index (χ3n) is 5.60. The van der Waals surface area contributed by atoms with Gasteiger partial charge in [0.05, 0.1) is 25.9 Å². The number of rotatable bonds is 10. The molecule has 9 heteroatoms. The molecule has 170 valence electrons. The zero-order valence-electron chi connectivity index (χ0n) is 17.4. The molecule has 0 radical (unpaired) electrons. The number of carbonyl (C=O) groups excluding carboxylic acids is 1. The first-order valence-corrected chi connectivity index (χ1v) is 10.2. The second-order valence-electron chi connectivity index (χ2n) is 7.68. The van der Waals surface area contributed by atoms with Gasteiger partial charge in [-0.3, -0.25) is 4.79 Å². The van der Waals surface area contributed by atoms with Gasteiger partial charge in [0.25, 0.3) is 0 Å². The van der Waals surface area contributed by atoms with Gasteiger partial charge in [0.1, 0.15) is 23.9 Å². The summed E-state index contributed by atoms with van der Waals surface area (Å²) in [6.07, 6.45) is -0.116. The van der Waals surface area contributed by atoms with Gasteiger partial charge in [0.15, 0.2) is 17.3 Å². The number of carbonyl (C=O) groups is 1. The van der Waals surface area contributed by atoms with Crippen LogP contribution in [0, 0.1) is 0 Å². The second kappa shape index (κ2) is 10.4. The molecule has 1 heterocycles. The highest BCUT2D eigenvalue weighted by atomic mass is 16.5. The fraction of sp³-hybridized carbons (Fsp3) is 0.667. The van der Waals surface area contributed by atoms with Crippen LogP contribution in [0.25, 0.3) is 0 Å². The van der Waals surface area contributed by atoms with Gasteiger partial charge in [-0.15, -0.1) is 0 Å². The van der Waals surface area contributed by atoms with Crippen molar-refractivity contribution in [3.63, 3.8) is 0 Å². The number of benzene rings is 1. The van der Waals surface area contributed by atoms with Gasteiger partial charge in [0, 0.05) is 12.0 Å². The average molecular weight is 428 g/mol. The maximum Gasteiger partial charge on any atom is 0.201 e. The highest BCUT2D eigenvalue weighted by molar-refractivity contribution is 6.01. The SMILES string of the molecule is CCCCCCCC(=O)c1c([C@@]2(O)CO[C@H](CO)[C@@H](O)[C@@H]2O)cc(OC)c(O)c1O. The fourth-order valence-corrected chi connectivity index (χ4v) is 3.73. The number of phenolic OH excluding ortho intramolecular Hbond substituents is 2. The van der Waals surface area contributed by atoms with Gasteiger partial charge < -0.3 is 40.1 Å². The third kappa shape index (κ3) is 4.70. The summed E-state index contributed by atoms with van der Waals surface area (Å²) < 4.78 is 10.3. The molecule has 0 bridgehead atoms. The monoisotopic (exact) mass is 428 g/mol. The lowest BCUT2D eigenvalue weighted by atomic mass is 9.78. The van der Waals surface area contributed by atoms with E-state index in [1.807, 2.05) is 0 Å². The van der Waals surface area contributed by atoms with Gasteiger partial charge >= 0.3 is 0 Å². The van der Waals surface area contributed by atoms with Gasteiger partial charge in [-0.25, -0.2) is 0 Å². The molecule has 0 aromatic heterocycles. The molecular formula is C21H32O9. The van der Waals surface area contributed by atoms with Crippen LogP contribution in [-0.4, -0.2) is 75.1 Å². The van der Waals surface area contributed by atoms with Crippen molar-refractivity contribution >= 4 is 5.78 Å². The molecule has 2 rings (SSSR count). The Morgan fingerprint density at radius 1 is 1.20 bits per heavy atom. The molecule has 1 aromatic carbocycles. The average Bonchev–Trinajstić information content (AvgIpc) is 2.73. The van der Waals surface area contributed by atoms with Crippen LogP contribution in [-0.2, 0) is 10.3 Å². The molecule has 1 aliphatic heterocycles. The summed E-state index contributed by atoms with van der Waals surface area (Å²) in [6, 6.07) is 1.14. The molecule has 1 aliphatic rings. The van der Waals surface area contributed by atoms with Gasteiger partial charge in [0.2, 0.25) is 5.75 Å². The Bertz CT molecular complexity index is 736. The van der Waals surface area contributed by atoms with Crippen LogP contribution >= 0.6 is 0 Å². The number of hydrogen-bond donors (Lipinski definition) is 6. The predicted molar refractivity (Wildman–Crippen MR) is 107 cm³/mol. The molecular weight excluding hydrogens is 396 g/mol. The summed E-state index contributed by atoms with van der Waals surface area (Å²) >= 11 is 0. The molecule has 0 unspecified atom stereocenters. The lowest BCUT2D eigenvalue weighted by Crippen LogP contribution is -2.60. The van der Waals surface area contributed by atoms with E-state index in [-0.39, 0.29) is 23.3 Å². The zero-order chi connectivity index (χ0) is 22.5. The number of ether oxygens (including phenoxy) is 2.